The standard InChI is InChI=1S/C10H16O3/c1-5(11)4-8(13)10-6(2)9(10)7(3)12/h6,8-10,13H,4H2,1-3H3/t6-,8-,9-,10-/m0/s1. The maximum atomic E-state index is 11.0. The third-order valence-electron chi connectivity index (χ3n) is 2.86. The number of ketones is 2. The van der Waals surface area contributed by atoms with Gasteiger partial charge in [-0.25, -0.2) is 0 Å². The van der Waals surface area contributed by atoms with Gasteiger partial charge in [0.25, 0.3) is 0 Å². The number of carbonyl (C=O) groups is 2. The highest BCUT2D eigenvalue weighted by Gasteiger charge is 2.53. The number of aliphatic hydroxyl groups is 1. The first-order chi connectivity index (χ1) is 5.95. The highest BCUT2D eigenvalue weighted by molar-refractivity contribution is 5.82. The van der Waals surface area contributed by atoms with E-state index in [1.807, 2.05) is 6.92 Å². The van der Waals surface area contributed by atoms with Gasteiger partial charge >= 0.3 is 0 Å². The van der Waals surface area contributed by atoms with Gasteiger partial charge < -0.3 is 5.11 Å². The molecule has 0 amide bonds. The van der Waals surface area contributed by atoms with Gasteiger partial charge in [0.2, 0.25) is 0 Å². The molecule has 1 rings (SSSR count). The molecule has 1 aliphatic rings. The van der Waals surface area contributed by atoms with Crippen molar-refractivity contribution < 1.29 is 14.7 Å². The first kappa shape index (κ1) is 10.4. The molecule has 1 N–H and O–H groups in total. The van der Waals surface area contributed by atoms with Crippen LogP contribution in [-0.2, 0) is 9.59 Å². The fourth-order valence-electron chi connectivity index (χ4n) is 2.16. The molecule has 1 saturated carbocycles. The van der Waals surface area contributed by atoms with Gasteiger partial charge in [-0.2, -0.15) is 0 Å². The fourth-order valence-corrected chi connectivity index (χ4v) is 2.16. The summed E-state index contributed by atoms with van der Waals surface area (Å²) in [5, 5.41) is 9.58. The average Bonchev–Trinajstić information content (AvgIpc) is 2.59. The van der Waals surface area contributed by atoms with E-state index in [1.165, 1.54) is 6.92 Å². The molecule has 1 aliphatic carbocycles. The van der Waals surface area contributed by atoms with Crippen LogP contribution in [0.3, 0.4) is 0 Å². The summed E-state index contributed by atoms with van der Waals surface area (Å²) in [6.45, 7) is 4.95. The van der Waals surface area contributed by atoms with Crippen LogP contribution in [0.25, 0.3) is 0 Å². The first-order valence-electron chi connectivity index (χ1n) is 4.63. The topological polar surface area (TPSA) is 54.4 Å². The Morgan fingerprint density at radius 2 is 1.92 bits per heavy atom. The minimum Gasteiger partial charge on any atom is -0.392 e. The van der Waals surface area contributed by atoms with Crippen LogP contribution in [0, 0.1) is 17.8 Å². The maximum absolute atomic E-state index is 11.0. The van der Waals surface area contributed by atoms with Gasteiger partial charge in [-0.05, 0) is 25.7 Å². The number of hydrogen-bond acceptors (Lipinski definition) is 3. The van der Waals surface area contributed by atoms with Crippen LogP contribution in [-0.4, -0.2) is 22.8 Å². The molecule has 4 atom stereocenters. The molecule has 0 spiro atoms. The lowest BCUT2D eigenvalue weighted by Crippen LogP contribution is -2.16. The summed E-state index contributed by atoms with van der Waals surface area (Å²) in [4.78, 5) is 21.7. The zero-order chi connectivity index (χ0) is 10.2. The largest absolute Gasteiger partial charge is 0.392 e. The minimum absolute atomic E-state index is 0.0152. The molecule has 3 nitrogen and oxygen atoms in total. The number of hydrogen-bond donors (Lipinski definition) is 1. The molecule has 74 valence electrons. The van der Waals surface area contributed by atoms with Crippen LogP contribution in [0.4, 0.5) is 0 Å². The summed E-state index contributed by atoms with van der Waals surface area (Å²) in [6, 6.07) is 0. The summed E-state index contributed by atoms with van der Waals surface area (Å²) in [5.41, 5.74) is 0. The van der Waals surface area contributed by atoms with Crippen molar-refractivity contribution in [2.24, 2.45) is 17.8 Å². The van der Waals surface area contributed by atoms with Crippen molar-refractivity contribution >= 4 is 11.6 Å². The van der Waals surface area contributed by atoms with Gasteiger partial charge in [0.05, 0.1) is 6.10 Å². The molecule has 0 aromatic carbocycles. The Kier molecular flexibility index (Phi) is 2.86. The van der Waals surface area contributed by atoms with E-state index in [-0.39, 0.29) is 35.7 Å². The monoisotopic (exact) mass is 184 g/mol. The zero-order valence-corrected chi connectivity index (χ0v) is 8.28. The Morgan fingerprint density at radius 1 is 1.38 bits per heavy atom. The summed E-state index contributed by atoms with van der Waals surface area (Å²) in [5.74, 6) is 0.344. The van der Waals surface area contributed by atoms with Crippen LogP contribution in [0.2, 0.25) is 0 Å². The van der Waals surface area contributed by atoms with E-state index < -0.39 is 6.10 Å². The van der Waals surface area contributed by atoms with Crippen molar-refractivity contribution in [2.45, 2.75) is 33.3 Å². The molecule has 3 heteroatoms. The van der Waals surface area contributed by atoms with Gasteiger partial charge in [-0.1, -0.05) is 6.92 Å². The van der Waals surface area contributed by atoms with E-state index in [1.54, 1.807) is 6.92 Å². The fraction of sp³-hybridized carbons (Fsp3) is 0.800. The molecular formula is C10H16O3. The smallest absolute Gasteiger partial charge is 0.133 e. The van der Waals surface area contributed by atoms with E-state index >= 15 is 0 Å². The molecular weight excluding hydrogens is 168 g/mol. The maximum Gasteiger partial charge on any atom is 0.133 e. The number of Topliss-reactive ketones (excluding diaryl/α,β-unsaturated/α-hetero) is 2. The summed E-state index contributed by atoms with van der Waals surface area (Å²) in [6.07, 6.45) is -0.444. The van der Waals surface area contributed by atoms with Crippen LogP contribution in [0.1, 0.15) is 27.2 Å². The van der Waals surface area contributed by atoms with Crippen molar-refractivity contribution in [1.82, 2.24) is 0 Å². The lowest BCUT2D eigenvalue weighted by atomic mass is 10.1. The normalized spacial score (nSPS) is 34.0. The second-order valence-corrected chi connectivity index (χ2v) is 4.05. The zero-order valence-electron chi connectivity index (χ0n) is 8.28. The SMILES string of the molecule is CC(=O)C[C@H](O)[C@@H]1[C@@H](C)[C@H]1C(C)=O. The third-order valence-corrected chi connectivity index (χ3v) is 2.86. The average molecular weight is 184 g/mol. The molecule has 0 aliphatic heterocycles. The molecule has 1 fully saturated rings. The molecule has 0 radical (unpaired) electrons. The van der Waals surface area contributed by atoms with Crippen LogP contribution in [0.5, 0.6) is 0 Å². The van der Waals surface area contributed by atoms with Gasteiger partial charge in [-0.15, -0.1) is 0 Å². The highest BCUT2D eigenvalue weighted by Crippen LogP contribution is 2.49. The van der Waals surface area contributed by atoms with Crippen molar-refractivity contribution in [3.8, 4) is 0 Å². The predicted molar refractivity (Wildman–Crippen MR) is 48.1 cm³/mol. The molecule has 0 bridgehead atoms. The van der Waals surface area contributed by atoms with Gasteiger partial charge in [0.15, 0.2) is 0 Å². The van der Waals surface area contributed by atoms with E-state index in [2.05, 4.69) is 0 Å². The Hall–Kier alpha value is -0.700. The lowest BCUT2D eigenvalue weighted by Gasteiger charge is -2.06. The molecule has 0 saturated heterocycles. The van der Waals surface area contributed by atoms with E-state index in [0.717, 1.165) is 0 Å². The van der Waals surface area contributed by atoms with Crippen LogP contribution in [0.15, 0.2) is 0 Å². The second kappa shape index (κ2) is 3.58. The quantitative estimate of drug-likeness (QED) is 0.703. The van der Waals surface area contributed by atoms with Crippen molar-refractivity contribution in [3.05, 3.63) is 0 Å². The Morgan fingerprint density at radius 3 is 2.23 bits per heavy atom. The Labute approximate surface area is 78.1 Å². The first-order valence-corrected chi connectivity index (χ1v) is 4.63. The van der Waals surface area contributed by atoms with Crippen LogP contribution >= 0.6 is 0 Å². The van der Waals surface area contributed by atoms with E-state index in [4.69, 9.17) is 0 Å². The molecule has 0 aromatic rings. The van der Waals surface area contributed by atoms with Crippen molar-refractivity contribution in [3.63, 3.8) is 0 Å². The molecule has 0 aromatic heterocycles. The van der Waals surface area contributed by atoms with Crippen molar-refractivity contribution in [1.29, 1.82) is 0 Å². The highest BCUT2D eigenvalue weighted by atomic mass is 16.3. The lowest BCUT2D eigenvalue weighted by molar-refractivity contribution is -0.121. The van der Waals surface area contributed by atoms with Gasteiger partial charge in [0, 0.05) is 12.3 Å². The Bertz CT molecular complexity index is 234. The predicted octanol–water partition coefficient (Wildman–Crippen LogP) is 0.797. The molecule has 13 heavy (non-hydrogen) atoms. The minimum atomic E-state index is -0.624. The number of aliphatic hydroxyl groups excluding tert-OH is 1. The molecule has 0 heterocycles. The second-order valence-electron chi connectivity index (χ2n) is 4.05. The third kappa shape index (κ3) is 2.15. The van der Waals surface area contributed by atoms with Crippen LogP contribution < -0.4 is 0 Å². The number of rotatable bonds is 4. The molecule has 0 unspecified atom stereocenters. The van der Waals surface area contributed by atoms with E-state index in [9.17, 15) is 14.7 Å². The van der Waals surface area contributed by atoms with Gasteiger partial charge in [0.1, 0.15) is 11.6 Å². The summed E-state index contributed by atoms with van der Waals surface area (Å²) in [7, 11) is 0. The van der Waals surface area contributed by atoms with Gasteiger partial charge in [-0.3, -0.25) is 9.59 Å². The van der Waals surface area contributed by atoms with Crippen molar-refractivity contribution in [2.75, 3.05) is 0 Å². The Balaban J connectivity index is 2.47. The summed E-state index contributed by atoms with van der Waals surface area (Å²) >= 11 is 0. The number of carbonyl (C=O) groups excluding carboxylic acids is 2. The van der Waals surface area contributed by atoms with E-state index in [0.29, 0.717) is 0 Å². The summed E-state index contributed by atoms with van der Waals surface area (Å²) < 4.78 is 0.